The van der Waals surface area contributed by atoms with Crippen molar-refractivity contribution in [3.05, 3.63) is 77.9 Å². The minimum atomic E-state index is -0.655. The number of aromatic amines is 1. The van der Waals surface area contributed by atoms with Gasteiger partial charge in [-0.15, -0.1) is 0 Å². The van der Waals surface area contributed by atoms with Gasteiger partial charge in [-0.2, -0.15) is 0 Å². The minimum Gasteiger partial charge on any atom is -0.444 e. The summed E-state index contributed by atoms with van der Waals surface area (Å²) in [5, 5.41) is 5.02. The van der Waals surface area contributed by atoms with E-state index in [1.54, 1.807) is 35.3 Å². The molecule has 12 heteroatoms. The molecule has 4 aromatic rings. The van der Waals surface area contributed by atoms with E-state index in [2.05, 4.69) is 20.3 Å². The first-order valence-corrected chi connectivity index (χ1v) is 16.6. The SMILES string of the molecule is CN(C)C/C=C/C(=O)N(C)c1ccc(CN(C(=O)OC(C)(C)C)[C@H]2CCC[C@@H](Nc3ncc(Cl)c(-c4c[nH]c5ccccc45)n3)C2)nc1. The average Bonchev–Trinajstić information content (AvgIpc) is 3.47. The number of nitrogens with zero attached hydrogens (tertiary/aromatic N) is 6. The van der Waals surface area contributed by atoms with E-state index in [4.69, 9.17) is 21.3 Å². The number of carbonyl (C=O) groups is 2. The third-order valence-electron chi connectivity index (χ3n) is 8.23. The molecule has 0 bridgehead atoms. The third kappa shape index (κ3) is 8.90. The van der Waals surface area contributed by atoms with E-state index >= 15 is 0 Å². The van der Waals surface area contributed by atoms with Crippen LogP contribution in [0.25, 0.3) is 22.2 Å². The van der Waals surface area contributed by atoms with Crippen LogP contribution in [0.2, 0.25) is 5.02 Å². The van der Waals surface area contributed by atoms with E-state index in [1.165, 1.54) is 0 Å². The molecule has 48 heavy (non-hydrogen) atoms. The topological polar surface area (TPSA) is 120 Å². The van der Waals surface area contributed by atoms with Gasteiger partial charge in [0.1, 0.15) is 5.60 Å². The molecule has 0 spiro atoms. The summed E-state index contributed by atoms with van der Waals surface area (Å²) in [7, 11) is 5.61. The average molecular weight is 673 g/mol. The van der Waals surface area contributed by atoms with Crippen LogP contribution in [0.15, 0.2) is 67.1 Å². The predicted octanol–water partition coefficient (Wildman–Crippen LogP) is 6.91. The summed E-state index contributed by atoms with van der Waals surface area (Å²) in [6.45, 7) is 6.54. The number of H-pyrrole nitrogens is 1. The van der Waals surface area contributed by atoms with Crippen molar-refractivity contribution < 1.29 is 14.3 Å². The van der Waals surface area contributed by atoms with Crippen molar-refractivity contribution in [2.45, 2.75) is 70.7 Å². The summed E-state index contributed by atoms with van der Waals surface area (Å²) in [6.07, 6.45) is 11.5. The molecule has 11 nitrogen and oxygen atoms in total. The van der Waals surface area contributed by atoms with Gasteiger partial charge >= 0.3 is 6.09 Å². The van der Waals surface area contributed by atoms with Crippen molar-refractivity contribution >= 4 is 46.1 Å². The Morgan fingerprint density at radius 1 is 1.08 bits per heavy atom. The molecule has 1 fully saturated rings. The van der Waals surface area contributed by atoms with Gasteiger partial charge < -0.3 is 24.8 Å². The van der Waals surface area contributed by atoms with Gasteiger partial charge in [-0.1, -0.05) is 35.9 Å². The number of aromatic nitrogens is 4. The number of halogens is 1. The first kappa shape index (κ1) is 34.8. The van der Waals surface area contributed by atoms with Crippen LogP contribution in [-0.4, -0.2) is 87.1 Å². The number of nitrogens with one attached hydrogen (secondary N) is 2. The van der Waals surface area contributed by atoms with Gasteiger partial charge in [0.15, 0.2) is 0 Å². The number of anilines is 2. The fourth-order valence-corrected chi connectivity index (χ4v) is 6.00. The van der Waals surface area contributed by atoms with Crippen LogP contribution >= 0.6 is 11.6 Å². The standard InChI is InChI=1S/C36H45ClN8O3/c1-36(2,3)48-35(47)45(23-25-16-17-27(20-38-25)44(6)32(46)15-10-18-43(4)5)26-12-9-11-24(19-26)41-34-40-22-30(37)33(42-34)29-21-39-31-14-8-7-13-28(29)31/h7-8,10,13-17,20-22,24,26,39H,9,11-12,18-19,23H2,1-6H3,(H,40,41,42)/b15-10+/t24-,26+/m1/s1. The van der Waals surface area contributed by atoms with Crippen LogP contribution < -0.4 is 10.2 Å². The maximum absolute atomic E-state index is 13.6. The molecule has 254 valence electrons. The summed E-state index contributed by atoms with van der Waals surface area (Å²) in [5.74, 6) is 0.349. The van der Waals surface area contributed by atoms with Gasteiger partial charge in [0.05, 0.1) is 41.0 Å². The minimum absolute atomic E-state index is 0.0289. The third-order valence-corrected chi connectivity index (χ3v) is 8.50. The lowest BCUT2D eigenvalue weighted by Crippen LogP contribution is -2.47. The second-order valence-electron chi connectivity index (χ2n) is 13.5. The smallest absolute Gasteiger partial charge is 0.410 e. The molecule has 0 saturated heterocycles. The van der Waals surface area contributed by atoms with Gasteiger partial charge in [-0.05, 0) is 78.7 Å². The number of fused-ring (bicyclic) bond motifs is 1. The lowest BCUT2D eigenvalue weighted by atomic mass is 9.90. The van der Waals surface area contributed by atoms with Crippen molar-refractivity contribution in [3.63, 3.8) is 0 Å². The Balaban J connectivity index is 1.30. The molecule has 3 aromatic heterocycles. The summed E-state index contributed by atoms with van der Waals surface area (Å²) >= 11 is 6.58. The van der Waals surface area contributed by atoms with Crippen LogP contribution in [-0.2, 0) is 16.1 Å². The largest absolute Gasteiger partial charge is 0.444 e. The zero-order valence-corrected chi connectivity index (χ0v) is 29.3. The normalized spacial score (nSPS) is 16.8. The van der Waals surface area contributed by atoms with Crippen molar-refractivity contribution in [1.82, 2.24) is 29.7 Å². The zero-order valence-electron chi connectivity index (χ0n) is 28.5. The van der Waals surface area contributed by atoms with Gasteiger partial charge in [0.25, 0.3) is 0 Å². The van der Waals surface area contributed by atoms with Crippen molar-refractivity contribution in [2.24, 2.45) is 0 Å². The van der Waals surface area contributed by atoms with Gasteiger partial charge in [-0.25, -0.2) is 14.8 Å². The molecule has 2 amide bonds. The second-order valence-corrected chi connectivity index (χ2v) is 13.9. The predicted molar refractivity (Wildman–Crippen MR) is 191 cm³/mol. The van der Waals surface area contributed by atoms with Gasteiger partial charge in [-0.3, -0.25) is 14.7 Å². The summed E-state index contributed by atoms with van der Waals surface area (Å²) < 4.78 is 5.86. The number of pyridine rings is 1. The fourth-order valence-electron chi connectivity index (χ4n) is 5.80. The molecule has 5 rings (SSSR count). The maximum atomic E-state index is 13.6. The number of likely N-dealkylation sites (N-methyl/N-ethyl adjacent to an activating group) is 2. The summed E-state index contributed by atoms with van der Waals surface area (Å²) in [4.78, 5) is 48.8. The van der Waals surface area contributed by atoms with E-state index in [0.29, 0.717) is 41.0 Å². The quantitative estimate of drug-likeness (QED) is 0.174. The molecule has 0 radical (unpaired) electrons. The zero-order chi connectivity index (χ0) is 34.4. The van der Waals surface area contributed by atoms with E-state index in [1.807, 2.05) is 88.4 Å². The van der Waals surface area contributed by atoms with Crippen molar-refractivity contribution in [3.8, 4) is 11.3 Å². The summed E-state index contributed by atoms with van der Waals surface area (Å²) in [5.41, 5.74) is 3.28. The number of para-hydroxylation sites is 1. The molecule has 0 unspecified atom stereocenters. The molecule has 2 N–H and O–H groups in total. The Bertz CT molecular complexity index is 1750. The molecule has 1 aromatic carbocycles. The lowest BCUT2D eigenvalue weighted by molar-refractivity contribution is -0.113. The Labute approximate surface area is 287 Å². The summed E-state index contributed by atoms with van der Waals surface area (Å²) in [6, 6.07) is 11.7. The highest BCUT2D eigenvalue weighted by atomic mass is 35.5. The molecule has 3 heterocycles. The Morgan fingerprint density at radius 2 is 1.88 bits per heavy atom. The van der Waals surface area contributed by atoms with Crippen LogP contribution in [0, 0.1) is 0 Å². The molecular formula is C36H45ClN8O3. The Kier molecular flexibility index (Phi) is 11.0. The highest BCUT2D eigenvalue weighted by molar-refractivity contribution is 6.33. The van der Waals surface area contributed by atoms with E-state index in [0.717, 1.165) is 35.7 Å². The van der Waals surface area contributed by atoms with Crippen LogP contribution in [0.4, 0.5) is 16.4 Å². The fraction of sp³-hybridized carbons (Fsp3) is 0.417. The molecule has 1 aliphatic rings. The monoisotopic (exact) mass is 672 g/mol. The number of ether oxygens (including phenoxy) is 1. The first-order chi connectivity index (χ1) is 22.9. The number of hydrogen-bond donors (Lipinski definition) is 2. The lowest BCUT2D eigenvalue weighted by Gasteiger charge is -2.38. The number of carbonyl (C=O) groups excluding carboxylic acids is 2. The van der Waals surface area contributed by atoms with Crippen molar-refractivity contribution in [1.29, 1.82) is 0 Å². The number of amides is 2. The molecule has 1 saturated carbocycles. The highest BCUT2D eigenvalue weighted by Crippen LogP contribution is 2.33. The Morgan fingerprint density at radius 3 is 2.60 bits per heavy atom. The van der Waals surface area contributed by atoms with Crippen LogP contribution in [0.5, 0.6) is 0 Å². The first-order valence-electron chi connectivity index (χ1n) is 16.3. The second kappa shape index (κ2) is 15.2. The van der Waals surface area contributed by atoms with E-state index < -0.39 is 5.60 Å². The molecule has 0 aliphatic heterocycles. The molecule has 2 atom stereocenters. The van der Waals surface area contributed by atoms with E-state index in [-0.39, 0.29) is 30.6 Å². The molecular weight excluding hydrogens is 628 g/mol. The van der Waals surface area contributed by atoms with Gasteiger partial charge in [0.2, 0.25) is 11.9 Å². The highest BCUT2D eigenvalue weighted by Gasteiger charge is 2.33. The Hall–Kier alpha value is -4.48. The van der Waals surface area contributed by atoms with Crippen LogP contribution in [0.1, 0.15) is 52.1 Å². The molecule has 1 aliphatic carbocycles. The van der Waals surface area contributed by atoms with Gasteiger partial charge in [0, 0.05) is 54.4 Å². The van der Waals surface area contributed by atoms with E-state index in [9.17, 15) is 9.59 Å². The number of benzene rings is 1. The van der Waals surface area contributed by atoms with Crippen LogP contribution in [0.3, 0.4) is 0 Å². The number of hydrogen-bond acceptors (Lipinski definition) is 8. The van der Waals surface area contributed by atoms with Crippen molar-refractivity contribution in [2.75, 3.05) is 37.9 Å². The maximum Gasteiger partial charge on any atom is 0.410 e. The number of rotatable bonds is 10.